The number of aryl methyl sites for hydroxylation is 1. The minimum Gasteiger partial charge on any atom is -0.493 e. The molecule has 3 heteroatoms. The maximum atomic E-state index is 5.55. The van der Waals surface area contributed by atoms with Crippen LogP contribution in [-0.2, 0) is 6.42 Å². The van der Waals surface area contributed by atoms with Crippen LogP contribution in [0.2, 0.25) is 0 Å². The molecule has 74 valence electrons. The van der Waals surface area contributed by atoms with Crippen molar-refractivity contribution in [3.8, 4) is 17.2 Å². The average Bonchev–Trinajstić information content (AvgIpc) is 2.26. The third-order valence-electron chi connectivity index (χ3n) is 2.57. The van der Waals surface area contributed by atoms with Crippen molar-refractivity contribution in [1.29, 1.82) is 0 Å². The summed E-state index contributed by atoms with van der Waals surface area (Å²) in [4.78, 5) is 0. The Kier molecular flexibility index (Phi) is 1.76. The molecule has 3 rings (SSSR count). The minimum absolute atomic E-state index is 0.631. The second kappa shape index (κ2) is 3.08. The summed E-state index contributed by atoms with van der Waals surface area (Å²) in [6, 6.07) is 3.99. The number of hydrogen-bond acceptors (Lipinski definition) is 3. The molecule has 0 aromatic heterocycles. The van der Waals surface area contributed by atoms with E-state index >= 15 is 0 Å². The molecule has 0 atom stereocenters. The summed E-state index contributed by atoms with van der Waals surface area (Å²) in [6.07, 6.45) is 2.17. The molecule has 0 amide bonds. The van der Waals surface area contributed by atoms with Gasteiger partial charge in [-0.1, -0.05) is 0 Å². The number of benzene rings is 1. The minimum atomic E-state index is 0.631. The largest absolute Gasteiger partial charge is 0.493 e. The second-order valence-corrected chi connectivity index (χ2v) is 3.56. The van der Waals surface area contributed by atoms with E-state index in [2.05, 4.69) is 0 Å². The molecule has 2 aliphatic rings. The van der Waals surface area contributed by atoms with Crippen LogP contribution in [0.5, 0.6) is 17.2 Å². The Bertz CT molecular complexity index is 294. The lowest BCUT2D eigenvalue weighted by Crippen LogP contribution is -2.17. The molecule has 0 bridgehead atoms. The van der Waals surface area contributed by atoms with Crippen molar-refractivity contribution in [3.05, 3.63) is 17.7 Å². The van der Waals surface area contributed by atoms with E-state index in [0.29, 0.717) is 13.2 Å². The van der Waals surface area contributed by atoms with Crippen LogP contribution in [0.1, 0.15) is 12.0 Å². The first-order valence-electron chi connectivity index (χ1n) is 4.99. The van der Waals surface area contributed by atoms with E-state index in [4.69, 9.17) is 14.2 Å². The van der Waals surface area contributed by atoms with Gasteiger partial charge in [0.05, 0.1) is 6.61 Å². The Labute approximate surface area is 82.6 Å². The van der Waals surface area contributed by atoms with Crippen molar-refractivity contribution in [2.24, 2.45) is 0 Å². The number of fused-ring (bicyclic) bond motifs is 2. The van der Waals surface area contributed by atoms with E-state index in [1.54, 1.807) is 0 Å². The van der Waals surface area contributed by atoms with Gasteiger partial charge in [-0.2, -0.15) is 0 Å². The van der Waals surface area contributed by atoms with Crippen molar-refractivity contribution in [2.45, 2.75) is 12.8 Å². The molecule has 0 fully saturated rings. The van der Waals surface area contributed by atoms with Crippen molar-refractivity contribution >= 4 is 0 Å². The predicted octanol–water partition coefficient (Wildman–Crippen LogP) is 1.78. The molecule has 2 aliphatic heterocycles. The smallest absolute Gasteiger partial charge is 0.165 e. The zero-order valence-electron chi connectivity index (χ0n) is 7.91. The van der Waals surface area contributed by atoms with Crippen molar-refractivity contribution in [2.75, 3.05) is 19.8 Å². The zero-order valence-corrected chi connectivity index (χ0v) is 7.91. The lowest BCUT2D eigenvalue weighted by Gasteiger charge is -2.23. The van der Waals surface area contributed by atoms with Gasteiger partial charge in [0, 0.05) is 6.07 Å². The molecule has 0 unspecified atom stereocenters. The molecule has 3 nitrogen and oxygen atoms in total. The first-order valence-corrected chi connectivity index (χ1v) is 4.99. The Morgan fingerprint density at radius 1 is 0.786 bits per heavy atom. The summed E-state index contributed by atoms with van der Waals surface area (Å²) in [6.45, 7) is 2.09. The van der Waals surface area contributed by atoms with Crippen molar-refractivity contribution in [1.82, 2.24) is 0 Å². The predicted molar refractivity (Wildman–Crippen MR) is 51.2 cm³/mol. The van der Waals surface area contributed by atoms with Crippen LogP contribution in [0.4, 0.5) is 0 Å². The van der Waals surface area contributed by atoms with Crippen LogP contribution in [0.15, 0.2) is 12.1 Å². The number of ether oxygens (including phenoxy) is 3. The van der Waals surface area contributed by atoms with Crippen molar-refractivity contribution in [3.63, 3.8) is 0 Å². The molecular formula is C11H12O3. The highest BCUT2D eigenvalue weighted by molar-refractivity contribution is 5.51. The molecule has 0 spiro atoms. The van der Waals surface area contributed by atoms with Gasteiger partial charge in [0.15, 0.2) is 11.5 Å². The lowest BCUT2D eigenvalue weighted by molar-refractivity contribution is 0.169. The molecule has 0 saturated carbocycles. The molecule has 0 N–H and O–H groups in total. The van der Waals surface area contributed by atoms with Gasteiger partial charge in [0.2, 0.25) is 0 Å². The van der Waals surface area contributed by atoms with Crippen LogP contribution >= 0.6 is 0 Å². The monoisotopic (exact) mass is 192 g/mol. The standard InChI is InChI=1S/C11H12O3/c1-2-8-6-10-11(14-5-4-13-10)7-9(8)12-3-1/h6-7H,1-5H2. The van der Waals surface area contributed by atoms with Gasteiger partial charge < -0.3 is 14.2 Å². The van der Waals surface area contributed by atoms with Crippen LogP contribution in [0.25, 0.3) is 0 Å². The Morgan fingerprint density at radius 3 is 2.36 bits per heavy atom. The SMILES string of the molecule is c1c2c(cc3c1OCCO3)OCCC2. The van der Waals surface area contributed by atoms with E-state index < -0.39 is 0 Å². The molecule has 0 aliphatic carbocycles. The van der Waals surface area contributed by atoms with Gasteiger partial charge in [-0.3, -0.25) is 0 Å². The van der Waals surface area contributed by atoms with Gasteiger partial charge in [-0.15, -0.1) is 0 Å². The van der Waals surface area contributed by atoms with Gasteiger partial charge in [-0.25, -0.2) is 0 Å². The number of rotatable bonds is 0. The van der Waals surface area contributed by atoms with Gasteiger partial charge >= 0.3 is 0 Å². The lowest BCUT2D eigenvalue weighted by atomic mass is 10.1. The summed E-state index contributed by atoms with van der Waals surface area (Å²) >= 11 is 0. The normalized spacial score (nSPS) is 18.3. The van der Waals surface area contributed by atoms with Crippen LogP contribution in [0.3, 0.4) is 0 Å². The highest BCUT2D eigenvalue weighted by Gasteiger charge is 2.18. The zero-order chi connectivity index (χ0) is 9.38. The topological polar surface area (TPSA) is 27.7 Å². The molecule has 1 aromatic carbocycles. The first kappa shape index (κ1) is 7.97. The highest BCUT2D eigenvalue weighted by Crippen LogP contribution is 2.38. The third-order valence-corrected chi connectivity index (χ3v) is 2.57. The molecule has 0 saturated heterocycles. The fourth-order valence-electron chi connectivity index (χ4n) is 1.89. The Morgan fingerprint density at radius 2 is 1.50 bits per heavy atom. The fraction of sp³-hybridized carbons (Fsp3) is 0.455. The molecule has 14 heavy (non-hydrogen) atoms. The van der Waals surface area contributed by atoms with E-state index in [0.717, 1.165) is 36.7 Å². The Hall–Kier alpha value is -1.38. The quantitative estimate of drug-likeness (QED) is 0.627. The highest BCUT2D eigenvalue weighted by atomic mass is 16.6. The van der Waals surface area contributed by atoms with Crippen LogP contribution < -0.4 is 14.2 Å². The molecular weight excluding hydrogens is 180 g/mol. The summed E-state index contributed by atoms with van der Waals surface area (Å²) in [5.74, 6) is 2.64. The summed E-state index contributed by atoms with van der Waals surface area (Å²) in [5, 5.41) is 0. The van der Waals surface area contributed by atoms with E-state index in [9.17, 15) is 0 Å². The first-order chi connectivity index (χ1) is 6.93. The third kappa shape index (κ3) is 1.20. The van der Waals surface area contributed by atoms with E-state index in [-0.39, 0.29) is 0 Å². The molecule has 0 radical (unpaired) electrons. The average molecular weight is 192 g/mol. The van der Waals surface area contributed by atoms with Gasteiger partial charge in [-0.05, 0) is 24.5 Å². The maximum absolute atomic E-state index is 5.55. The maximum Gasteiger partial charge on any atom is 0.165 e. The van der Waals surface area contributed by atoms with Crippen LogP contribution in [-0.4, -0.2) is 19.8 Å². The van der Waals surface area contributed by atoms with Crippen LogP contribution in [0, 0.1) is 0 Å². The second-order valence-electron chi connectivity index (χ2n) is 3.56. The summed E-state index contributed by atoms with van der Waals surface area (Å²) in [5.41, 5.74) is 1.24. The van der Waals surface area contributed by atoms with Gasteiger partial charge in [0.1, 0.15) is 19.0 Å². The Balaban J connectivity index is 2.06. The summed E-state index contributed by atoms with van der Waals surface area (Å²) < 4.78 is 16.5. The van der Waals surface area contributed by atoms with Crippen molar-refractivity contribution < 1.29 is 14.2 Å². The number of hydrogen-bond donors (Lipinski definition) is 0. The fourth-order valence-corrected chi connectivity index (χ4v) is 1.89. The van der Waals surface area contributed by atoms with Gasteiger partial charge in [0.25, 0.3) is 0 Å². The summed E-state index contributed by atoms with van der Waals surface area (Å²) in [7, 11) is 0. The molecule has 2 heterocycles. The molecule has 1 aromatic rings. The van der Waals surface area contributed by atoms with E-state index in [1.165, 1.54) is 5.56 Å². The van der Waals surface area contributed by atoms with E-state index in [1.807, 2.05) is 12.1 Å².